The first-order valence-electron chi connectivity index (χ1n) is 9.12. The third-order valence-electron chi connectivity index (χ3n) is 4.16. The molecule has 4 rings (SSSR count). The highest BCUT2D eigenvalue weighted by Crippen LogP contribution is 2.24. The van der Waals surface area contributed by atoms with Gasteiger partial charge in [0.1, 0.15) is 16.5 Å². The van der Waals surface area contributed by atoms with Gasteiger partial charge in [-0.15, -0.1) is 11.3 Å². The van der Waals surface area contributed by atoms with Crippen LogP contribution in [0.3, 0.4) is 0 Å². The number of rotatable bonds is 6. The summed E-state index contributed by atoms with van der Waals surface area (Å²) >= 11 is 1.51. The van der Waals surface area contributed by atoms with Crippen LogP contribution in [0, 0.1) is 0 Å². The standard InChI is InChI=1S/C23H17N3O3S/c27-21(16-6-2-1-3-7-16)26-20(15-19-10-5-12-29-19)22(28)25-18-9-4-8-17(14-18)23-24-11-13-30-23/h1-15H,(H,25,28)(H,26,27). The van der Waals surface area contributed by atoms with Crippen LogP contribution in [0.4, 0.5) is 5.69 Å². The number of furan rings is 1. The van der Waals surface area contributed by atoms with Gasteiger partial charge in [0.15, 0.2) is 0 Å². The van der Waals surface area contributed by atoms with E-state index < -0.39 is 5.91 Å². The van der Waals surface area contributed by atoms with Gasteiger partial charge in [-0.3, -0.25) is 9.59 Å². The number of nitrogens with one attached hydrogen (secondary N) is 2. The van der Waals surface area contributed by atoms with E-state index >= 15 is 0 Å². The number of aromatic nitrogens is 1. The Morgan fingerprint density at radius 3 is 2.60 bits per heavy atom. The molecule has 0 bridgehead atoms. The molecule has 0 fully saturated rings. The highest BCUT2D eigenvalue weighted by molar-refractivity contribution is 7.13. The van der Waals surface area contributed by atoms with Crippen LogP contribution >= 0.6 is 11.3 Å². The van der Waals surface area contributed by atoms with Crippen molar-refractivity contribution in [2.45, 2.75) is 0 Å². The zero-order valence-electron chi connectivity index (χ0n) is 15.7. The summed E-state index contributed by atoms with van der Waals surface area (Å²) in [5.41, 5.74) is 2.00. The summed E-state index contributed by atoms with van der Waals surface area (Å²) in [7, 11) is 0. The van der Waals surface area contributed by atoms with Crippen molar-refractivity contribution < 1.29 is 14.0 Å². The average Bonchev–Trinajstić information content (AvgIpc) is 3.48. The van der Waals surface area contributed by atoms with Gasteiger partial charge in [0, 0.05) is 34.5 Å². The van der Waals surface area contributed by atoms with Gasteiger partial charge in [0.2, 0.25) is 0 Å². The molecule has 2 N–H and O–H groups in total. The third kappa shape index (κ3) is 4.71. The molecule has 0 saturated carbocycles. The zero-order chi connectivity index (χ0) is 20.8. The molecule has 7 heteroatoms. The van der Waals surface area contributed by atoms with Gasteiger partial charge in [-0.2, -0.15) is 0 Å². The maximum absolute atomic E-state index is 13.0. The minimum atomic E-state index is -0.466. The molecule has 0 radical (unpaired) electrons. The van der Waals surface area contributed by atoms with E-state index in [0.29, 0.717) is 17.0 Å². The van der Waals surface area contributed by atoms with Gasteiger partial charge in [0.05, 0.1) is 6.26 Å². The van der Waals surface area contributed by atoms with Crippen molar-refractivity contribution in [3.63, 3.8) is 0 Å². The van der Waals surface area contributed by atoms with E-state index in [1.54, 1.807) is 48.7 Å². The predicted octanol–water partition coefficient (Wildman–Crippen LogP) is 4.81. The number of benzene rings is 2. The van der Waals surface area contributed by atoms with E-state index in [0.717, 1.165) is 10.6 Å². The second-order valence-corrected chi connectivity index (χ2v) is 7.16. The summed E-state index contributed by atoms with van der Waals surface area (Å²) in [5, 5.41) is 8.25. The Morgan fingerprint density at radius 1 is 1.00 bits per heavy atom. The molecule has 0 unspecified atom stereocenters. The minimum Gasteiger partial charge on any atom is -0.465 e. The minimum absolute atomic E-state index is 0.0680. The van der Waals surface area contributed by atoms with Crippen molar-refractivity contribution in [2.24, 2.45) is 0 Å². The summed E-state index contributed by atoms with van der Waals surface area (Å²) in [4.78, 5) is 29.8. The molecule has 2 aromatic carbocycles. The van der Waals surface area contributed by atoms with E-state index in [9.17, 15) is 9.59 Å². The fraction of sp³-hybridized carbons (Fsp3) is 0. The zero-order valence-corrected chi connectivity index (χ0v) is 16.6. The highest BCUT2D eigenvalue weighted by Gasteiger charge is 2.16. The van der Waals surface area contributed by atoms with Crippen molar-refractivity contribution in [1.82, 2.24) is 10.3 Å². The van der Waals surface area contributed by atoms with Gasteiger partial charge in [-0.05, 0) is 36.4 Å². The molecular formula is C23H17N3O3S. The molecule has 6 nitrogen and oxygen atoms in total. The Morgan fingerprint density at radius 2 is 1.87 bits per heavy atom. The number of anilines is 1. The molecule has 30 heavy (non-hydrogen) atoms. The van der Waals surface area contributed by atoms with Gasteiger partial charge < -0.3 is 15.1 Å². The SMILES string of the molecule is O=C(Nc1cccc(-c2nccs2)c1)C(=Cc1ccco1)NC(=O)c1ccccc1. The number of amides is 2. The molecule has 0 saturated heterocycles. The fourth-order valence-electron chi connectivity index (χ4n) is 2.75. The van der Waals surface area contributed by atoms with Crippen LogP contribution in [0.2, 0.25) is 0 Å². The molecule has 0 spiro atoms. The lowest BCUT2D eigenvalue weighted by Crippen LogP contribution is -2.30. The Kier molecular flexibility index (Phi) is 5.82. The summed E-state index contributed by atoms with van der Waals surface area (Å²) < 4.78 is 5.31. The van der Waals surface area contributed by atoms with Crippen LogP contribution in [-0.2, 0) is 4.79 Å². The van der Waals surface area contributed by atoms with Gasteiger partial charge in [-0.1, -0.05) is 30.3 Å². The first-order chi connectivity index (χ1) is 14.7. The van der Waals surface area contributed by atoms with E-state index in [1.165, 1.54) is 23.7 Å². The second kappa shape index (κ2) is 9.02. The molecule has 2 aromatic heterocycles. The Balaban J connectivity index is 1.57. The van der Waals surface area contributed by atoms with E-state index in [-0.39, 0.29) is 11.6 Å². The summed E-state index contributed by atoms with van der Waals surface area (Å²) in [6.07, 6.45) is 4.72. The summed E-state index contributed by atoms with van der Waals surface area (Å²) in [6.45, 7) is 0. The lowest BCUT2D eigenvalue weighted by atomic mass is 10.2. The second-order valence-electron chi connectivity index (χ2n) is 6.27. The third-order valence-corrected chi connectivity index (χ3v) is 4.98. The van der Waals surface area contributed by atoms with E-state index in [4.69, 9.17) is 4.42 Å². The lowest BCUT2D eigenvalue weighted by molar-refractivity contribution is -0.113. The van der Waals surface area contributed by atoms with E-state index in [1.807, 2.05) is 29.6 Å². The van der Waals surface area contributed by atoms with Crippen molar-refractivity contribution in [1.29, 1.82) is 0 Å². The molecule has 2 amide bonds. The smallest absolute Gasteiger partial charge is 0.272 e. The molecule has 4 aromatic rings. The monoisotopic (exact) mass is 415 g/mol. The van der Waals surface area contributed by atoms with Gasteiger partial charge >= 0.3 is 0 Å². The summed E-state index contributed by atoms with van der Waals surface area (Å²) in [6, 6.07) is 19.5. The van der Waals surface area contributed by atoms with Crippen LogP contribution in [0.1, 0.15) is 16.1 Å². The highest BCUT2D eigenvalue weighted by atomic mass is 32.1. The topological polar surface area (TPSA) is 84.2 Å². The van der Waals surface area contributed by atoms with Gasteiger partial charge in [0.25, 0.3) is 11.8 Å². The average molecular weight is 415 g/mol. The number of hydrogen-bond donors (Lipinski definition) is 2. The van der Waals surface area contributed by atoms with Gasteiger partial charge in [-0.25, -0.2) is 4.98 Å². The normalized spacial score (nSPS) is 11.1. The van der Waals surface area contributed by atoms with Crippen LogP contribution < -0.4 is 10.6 Å². The number of carbonyl (C=O) groups excluding carboxylic acids is 2. The van der Waals surface area contributed by atoms with Crippen molar-refractivity contribution in [3.05, 3.63) is 102 Å². The first-order valence-corrected chi connectivity index (χ1v) is 10.00. The fourth-order valence-corrected chi connectivity index (χ4v) is 3.39. The molecule has 2 heterocycles. The molecule has 0 aliphatic heterocycles. The maximum atomic E-state index is 13.0. The molecule has 0 aliphatic carbocycles. The molecular weight excluding hydrogens is 398 g/mol. The van der Waals surface area contributed by atoms with Crippen molar-refractivity contribution in [3.8, 4) is 10.6 Å². The number of nitrogens with zero attached hydrogens (tertiary/aromatic N) is 1. The Labute approximate surface area is 176 Å². The van der Waals surface area contributed by atoms with Crippen molar-refractivity contribution in [2.75, 3.05) is 5.32 Å². The van der Waals surface area contributed by atoms with Crippen LogP contribution in [0.25, 0.3) is 16.6 Å². The largest absolute Gasteiger partial charge is 0.465 e. The van der Waals surface area contributed by atoms with Crippen LogP contribution in [0.5, 0.6) is 0 Å². The molecule has 148 valence electrons. The molecule has 0 aliphatic rings. The van der Waals surface area contributed by atoms with Crippen LogP contribution in [-0.4, -0.2) is 16.8 Å². The quantitative estimate of drug-likeness (QED) is 0.443. The number of hydrogen-bond acceptors (Lipinski definition) is 5. The first kappa shape index (κ1) is 19.4. The predicted molar refractivity (Wildman–Crippen MR) is 117 cm³/mol. The van der Waals surface area contributed by atoms with Crippen LogP contribution in [0.15, 0.2) is 94.7 Å². The number of thiazole rings is 1. The molecule has 0 atom stereocenters. The Hall–Kier alpha value is -3.97. The van der Waals surface area contributed by atoms with Crippen molar-refractivity contribution >= 4 is 34.9 Å². The lowest BCUT2D eigenvalue weighted by Gasteiger charge is -2.11. The summed E-state index contributed by atoms with van der Waals surface area (Å²) in [5.74, 6) is -0.405. The van der Waals surface area contributed by atoms with E-state index in [2.05, 4.69) is 15.6 Å². The number of carbonyl (C=O) groups is 2. The maximum Gasteiger partial charge on any atom is 0.272 e. The Bertz CT molecular complexity index is 1170.